The van der Waals surface area contributed by atoms with Gasteiger partial charge in [0.1, 0.15) is 18.6 Å². The molecular weight excluding hydrogens is 395 g/mol. The number of hydrogen-bond donors (Lipinski definition) is 1. The molecule has 1 aliphatic rings. The summed E-state index contributed by atoms with van der Waals surface area (Å²) in [5.74, 6) is 0.336. The Kier molecular flexibility index (Phi) is 4.53. The van der Waals surface area contributed by atoms with E-state index in [4.69, 9.17) is 4.74 Å². The Morgan fingerprint density at radius 3 is 2.96 bits per heavy atom. The molecule has 7 nitrogen and oxygen atoms in total. The number of fused-ring (bicyclic) bond motifs is 3. The third-order valence-electron chi connectivity index (χ3n) is 4.15. The maximum atomic E-state index is 12.8. The van der Waals surface area contributed by atoms with Gasteiger partial charge in [-0.05, 0) is 18.2 Å². The van der Waals surface area contributed by atoms with Crippen LogP contribution in [-0.4, -0.2) is 45.5 Å². The molecular formula is C17H14F3N5O2S. The molecule has 0 atom stereocenters. The number of nitrogens with one attached hydrogen (secondary N) is 1. The van der Waals surface area contributed by atoms with Crippen LogP contribution in [0, 0.1) is 0 Å². The number of nitrogens with zero attached hydrogens (tertiary/aromatic N) is 4. The van der Waals surface area contributed by atoms with Crippen molar-refractivity contribution < 1.29 is 22.7 Å². The van der Waals surface area contributed by atoms with Crippen LogP contribution in [0.15, 0.2) is 24.5 Å². The Bertz CT molecular complexity index is 1040. The van der Waals surface area contributed by atoms with Crippen LogP contribution in [0.4, 0.5) is 13.2 Å². The summed E-state index contributed by atoms with van der Waals surface area (Å²) in [6.07, 6.45) is -2.78. The van der Waals surface area contributed by atoms with Gasteiger partial charge in [-0.15, -0.1) is 11.3 Å². The average molecular weight is 409 g/mol. The van der Waals surface area contributed by atoms with Gasteiger partial charge in [0.15, 0.2) is 10.8 Å². The molecule has 1 amide bonds. The monoisotopic (exact) mass is 409 g/mol. The van der Waals surface area contributed by atoms with Crippen molar-refractivity contribution in [1.82, 2.24) is 25.1 Å². The SMILES string of the molecule is CNC(=O)c1ccc2c(c1)OCCc1sc(-c3ncnn3CC(F)(F)F)nc1-2. The van der Waals surface area contributed by atoms with Crippen molar-refractivity contribution in [3.8, 4) is 27.8 Å². The van der Waals surface area contributed by atoms with Gasteiger partial charge in [0.25, 0.3) is 5.91 Å². The first kappa shape index (κ1) is 18.4. The summed E-state index contributed by atoms with van der Waals surface area (Å²) in [6, 6.07) is 5.02. The number of amides is 1. The number of aromatic nitrogens is 4. The van der Waals surface area contributed by atoms with Gasteiger partial charge in [-0.2, -0.15) is 18.3 Å². The van der Waals surface area contributed by atoms with E-state index < -0.39 is 12.7 Å². The number of carbonyl (C=O) groups excluding carboxylic acids is 1. The third-order valence-corrected chi connectivity index (χ3v) is 5.26. The highest BCUT2D eigenvalue weighted by Gasteiger charge is 2.31. The van der Waals surface area contributed by atoms with E-state index in [-0.39, 0.29) is 11.7 Å². The van der Waals surface area contributed by atoms with E-state index in [0.717, 1.165) is 15.9 Å². The van der Waals surface area contributed by atoms with Crippen LogP contribution in [-0.2, 0) is 13.0 Å². The minimum Gasteiger partial charge on any atom is -0.492 e. The molecule has 2 aromatic heterocycles. The summed E-state index contributed by atoms with van der Waals surface area (Å²) in [5, 5.41) is 6.58. The van der Waals surface area contributed by atoms with Crippen LogP contribution >= 0.6 is 11.3 Å². The number of benzene rings is 1. The number of alkyl halides is 3. The summed E-state index contributed by atoms with van der Waals surface area (Å²) in [7, 11) is 1.54. The molecule has 0 unspecified atom stereocenters. The van der Waals surface area contributed by atoms with E-state index in [0.29, 0.717) is 40.6 Å². The molecule has 1 aromatic carbocycles. The van der Waals surface area contributed by atoms with E-state index in [1.807, 2.05) is 0 Å². The van der Waals surface area contributed by atoms with Gasteiger partial charge < -0.3 is 10.1 Å². The first-order valence-electron chi connectivity index (χ1n) is 8.29. The molecule has 0 fully saturated rings. The van der Waals surface area contributed by atoms with E-state index in [1.165, 1.54) is 18.4 Å². The fourth-order valence-corrected chi connectivity index (χ4v) is 3.98. The Morgan fingerprint density at radius 2 is 2.21 bits per heavy atom. The summed E-state index contributed by atoms with van der Waals surface area (Å²) < 4.78 is 44.9. The summed E-state index contributed by atoms with van der Waals surface area (Å²) >= 11 is 1.26. The number of hydrogen-bond acceptors (Lipinski definition) is 6. The fourth-order valence-electron chi connectivity index (χ4n) is 2.92. The summed E-state index contributed by atoms with van der Waals surface area (Å²) in [4.78, 5) is 21.2. The van der Waals surface area contributed by atoms with Crippen molar-refractivity contribution in [1.29, 1.82) is 0 Å². The van der Waals surface area contributed by atoms with Gasteiger partial charge in [-0.25, -0.2) is 14.6 Å². The molecule has 28 heavy (non-hydrogen) atoms. The first-order valence-corrected chi connectivity index (χ1v) is 9.11. The lowest BCUT2D eigenvalue weighted by molar-refractivity contribution is -0.142. The fraction of sp³-hybridized carbons (Fsp3) is 0.294. The smallest absolute Gasteiger partial charge is 0.408 e. The van der Waals surface area contributed by atoms with Crippen LogP contribution in [0.25, 0.3) is 22.1 Å². The summed E-state index contributed by atoms with van der Waals surface area (Å²) in [5.41, 5.74) is 1.76. The standard InChI is InChI=1S/C17H14F3N5O2S/c1-21-15(26)9-2-3-10-11(6-9)27-5-4-12-13(10)24-16(28-12)14-22-8-23-25(14)7-17(18,19)20/h2-3,6,8H,4-5,7H2,1H3,(H,21,26). The molecule has 1 aliphatic heterocycles. The van der Waals surface area contributed by atoms with Gasteiger partial charge in [-0.1, -0.05) is 0 Å². The third kappa shape index (κ3) is 3.44. The van der Waals surface area contributed by atoms with Gasteiger partial charge in [0.2, 0.25) is 0 Å². The van der Waals surface area contributed by atoms with Crippen molar-refractivity contribution in [2.75, 3.05) is 13.7 Å². The minimum absolute atomic E-state index is 0.0693. The number of thiazole rings is 1. The highest BCUT2D eigenvalue weighted by Crippen LogP contribution is 2.40. The maximum absolute atomic E-state index is 12.8. The van der Waals surface area contributed by atoms with E-state index in [2.05, 4.69) is 20.4 Å². The zero-order valence-corrected chi connectivity index (χ0v) is 15.4. The van der Waals surface area contributed by atoms with Crippen LogP contribution in [0.2, 0.25) is 0 Å². The maximum Gasteiger partial charge on any atom is 0.408 e. The van der Waals surface area contributed by atoms with E-state index >= 15 is 0 Å². The lowest BCUT2D eigenvalue weighted by atomic mass is 10.1. The zero-order valence-electron chi connectivity index (χ0n) is 14.6. The van der Waals surface area contributed by atoms with Crippen molar-refractivity contribution in [3.63, 3.8) is 0 Å². The Hall–Kier alpha value is -2.95. The molecule has 1 N–H and O–H groups in total. The average Bonchev–Trinajstić information content (AvgIpc) is 3.22. The Balaban J connectivity index is 1.75. The van der Waals surface area contributed by atoms with Gasteiger partial charge in [0, 0.05) is 29.5 Å². The molecule has 146 valence electrons. The molecule has 0 radical (unpaired) electrons. The molecule has 0 spiro atoms. The van der Waals surface area contributed by atoms with Gasteiger partial charge >= 0.3 is 6.18 Å². The second-order valence-electron chi connectivity index (χ2n) is 6.04. The molecule has 3 aromatic rings. The highest BCUT2D eigenvalue weighted by atomic mass is 32.1. The lowest BCUT2D eigenvalue weighted by Gasteiger charge is -2.09. The molecule has 11 heteroatoms. The summed E-state index contributed by atoms with van der Waals surface area (Å²) in [6.45, 7) is -0.865. The molecule has 0 bridgehead atoms. The van der Waals surface area contributed by atoms with E-state index in [1.54, 1.807) is 18.2 Å². The highest BCUT2D eigenvalue weighted by molar-refractivity contribution is 7.15. The van der Waals surface area contributed by atoms with E-state index in [9.17, 15) is 18.0 Å². The normalized spacial score (nSPS) is 13.3. The van der Waals surface area contributed by atoms with Crippen molar-refractivity contribution in [2.45, 2.75) is 19.1 Å². The first-order chi connectivity index (χ1) is 13.4. The Labute approximate surface area is 161 Å². The number of halogens is 3. The predicted molar refractivity (Wildman–Crippen MR) is 95.2 cm³/mol. The topological polar surface area (TPSA) is 81.9 Å². The van der Waals surface area contributed by atoms with Crippen molar-refractivity contribution in [3.05, 3.63) is 35.0 Å². The molecule has 4 rings (SSSR count). The zero-order chi connectivity index (χ0) is 19.9. The number of rotatable bonds is 3. The Morgan fingerprint density at radius 1 is 1.39 bits per heavy atom. The van der Waals surface area contributed by atoms with Crippen molar-refractivity contribution >= 4 is 17.2 Å². The molecule has 0 saturated carbocycles. The van der Waals surface area contributed by atoms with Gasteiger partial charge in [0.05, 0.1) is 12.3 Å². The lowest BCUT2D eigenvalue weighted by Crippen LogP contribution is -2.19. The molecule has 0 saturated heterocycles. The van der Waals surface area contributed by atoms with Crippen LogP contribution in [0.5, 0.6) is 5.75 Å². The number of carbonyl (C=O) groups is 1. The second-order valence-corrected chi connectivity index (χ2v) is 7.12. The van der Waals surface area contributed by atoms with Crippen LogP contribution in [0.3, 0.4) is 0 Å². The van der Waals surface area contributed by atoms with Crippen molar-refractivity contribution in [2.24, 2.45) is 0 Å². The molecule has 0 aliphatic carbocycles. The number of ether oxygens (including phenoxy) is 1. The predicted octanol–water partition coefficient (Wildman–Crippen LogP) is 2.93. The molecule has 3 heterocycles. The quantitative estimate of drug-likeness (QED) is 0.719. The van der Waals surface area contributed by atoms with Crippen LogP contribution < -0.4 is 10.1 Å². The second kappa shape index (κ2) is 6.89. The largest absolute Gasteiger partial charge is 0.492 e. The van der Waals surface area contributed by atoms with Crippen LogP contribution in [0.1, 0.15) is 15.2 Å². The van der Waals surface area contributed by atoms with Gasteiger partial charge in [-0.3, -0.25) is 4.79 Å². The minimum atomic E-state index is -4.41.